The second-order valence-corrected chi connectivity index (χ2v) is 7.00. The van der Waals surface area contributed by atoms with Crippen LogP contribution in [0.3, 0.4) is 0 Å². The summed E-state index contributed by atoms with van der Waals surface area (Å²) in [6.45, 7) is 12.7. The van der Waals surface area contributed by atoms with Crippen LogP contribution in [-0.2, 0) is 13.0 Å². The summed E-state index contributed by atoms with van der Waals surface area (Å²) in [6, 6.07) is 10.3. The summed E-state index contributed by atoms with van der Waals surface area (Å²) in [5.41, 5.74) is 2.98. The molecule has 24 heavy (non-hydrogen) atoms. The van der Waals surface area contributed by atoms with Crippen LogP contribution in [-0.4, -0.2) is 27.5 Å². The van der Waals surface area contributed by atoms with Gasteiger partial charge in [-0.25, -0.2) is 4.98 Å². The normalized spacial score (nSPS) is 11.7. The lowest BCUT2D eigenvalue weighted by molar-refractivity contribution is 0.225. The average Bonchev–Trinajstić information content (AvgIpc) is 2.51. The second kappa shape index (κ2) is 8.25. The Bertz CT molecular complexity index is 719. The fourth-order valence-electron chi connectivity index (χ4n) is 2.93. The molecule has 0 spiro atoms. The maximum Gasteiger partial charge on any atom is 0.251 e. The summed E-state index contributed by atoms with van der Waals surface area (Å²) in [6.07, 6.45) is 0.812. The molecule has 0 saturated heterocycles. The van der Waals surface area contributed by atoms with Gasteiger partial charge in [-0.1, -0.05) is 45.0 Å². The molecule has 0 fully saturated rings. The van der Waals surface area contributed by atoms with E-state index in [1.54, 1.807) is 6.07 Å². The van der Waals surface area contributed by atoms with Gasteiger partial charge in [-0.3, -0.25) is 9.69 Å². The lowest BCUT2D eigenvalue weighted by atomic mass is 10.0. The molecule has 0 amide bonds. The molecule has 0 saturated carbocycles. The summed E-state index contributed by atoms with van der Waals surface area (Å²) < 4.78 is 0. The molecule has 130 valence electrons. The molecule has 0 aliphatic heterocycles. The monoisotopic (exact) mass is 327 g/mol. The van der Waals surface area contributed by atoms with Crippen molar-refractivity contribution < 1.29 is 0 Å². The van der Waals surface area contributed by atoms with Crippen molar-refractivity contribution in [3.63, 3.8) is 0 Å². The molecule has 1 N–H and O–H groups in total. The van der Waals surface area contributed by atoms with Crippen LogP contribution < -0.4 is 5.56 Å². The first-order chi connectivity index (χ1) is 11.4. The quantitative estimate of drug-likeness (QED) is 0.840. The molecule has 2 aromatic rings. The molecule has 0 bridgehead atoms. The van der Waals surface area contributed by atoms with Crippen molar-refractivity contribution in [1.82, 2.24) is 14.9 Å². The van der Waals surface area contributed by atoms with Crippen molar-refractivity contribution in [2.24, 2.45) is 5.92 Å². The van der Waals surface area contributed by atoms with Gasteiger partial charge in [0, 0.05) is 29.9 Å². The van der Waals surface area contributed by atoms with Crippen molar-refractivity contribution in [3.8, 4) is 11.4 Å². The molecule has 0 aliphatic rings. The lowest BCUT2D eigenvalue weighted by Gasteiger charge is -2.25. The van der Waals surface area contributed by atoms with Crippen molar-refractivity contribution in [2.45, 2.75) is 53.6 Å². The molecule has 4 nitrogen and oxygen atoms in total. The van der Waals surface area contributed by atoms with Crippen LogP contribution in [0.15, 0.2) is 35.1 Å². The zero-order valence-corrected chi connectivity index (χ0v) is 15.5. The maximum atomic E-state index is 12.1. The highest BCUT2D eigenvalue weighted by Crippen LogP contribution is 2.22. The molecule has 1 aromatic carbocycles. The Morgan fingerprint density at radius 3 is 2.50 bits per heavy atom. The Hall–Kier alpha value is -1.94. The van der Waals surface area contributed by atoms with Crippen LogP contribution in [0.2, 0.25) is 0 Å². The van der Waals surface area contributed by atoms with Crippen LogP contribution in [0.5, 0.6) is 0 Å². The summed E-state index contributed by atoms with van der Waals surface area (Å²) in [5, 5.41) is 0. The largest absolute Gasteiger partial charge is 0.307 e. The van der Waals surface area contributed by atoms with Crippen LogP contribution in [0.4, 0.5) is 0 Å². The number of hydrogen-bond donors (Lipinski definition) is 1. The minimum absolute atomic E-state index is 0.0818. The van der Waals surface area contributed by atoms with E-state index in [9.17, 15) is 4.79 Å². The van der Waals surface area contributed by atoms with Gasteiger partial charge in [0.1, 0.15) is 5.82 Å². The third kappa shape index (κ3) is 4.78. The first kappa shape index (κ1) is 18.4. The molecular formula is C20H29N3O. The van der Waals surface area contributed by atoms with Crippen molar-refractivity contribution in [2.75, 3.05) is 6.54 Å². The lowest BCUT2D eigenvalue weighted by Crippen LogP contribution is -2.30. The van der Waals surface area contributed by atoms with Gasteiger partial charge in [0.2, 0.25) is 0 Å². The third-order valence-electron chi connectivity index (χ3n) is 4.19. The Balaban J connectivity index is 2.42. The number of nitrogens with one attached hydrogen (secondary N) is 1. The molecule has 0 unspecified atom stereocenters. The van der Waals surface area contributed by atoms with Crippen LogP contribution >= 0.6 is 0 Å². The van der Waals surface area contributed by atoms with Gasteiger partial charge < -0.3 is 4.98 Å². The zero-order chi connectivity index (χ0) is 17.7. The van der Waals surface area contributed by atoms with Gasteiger partial charge in [-0.15, -0.1) is 0 Å². The van der Waals surface area contributed by atoms with Gasteiger partial charge in [0.05, 0.1) is 0 Å². The number of nitrogens with zero attached hydrogens (tertiary/aromatic N) is 2. The van der Waals surface area contributed by atoms with Crippen LogP contribution in [0, 0.1) is 5.92 Å². The van der Waals surface area contributed by atoms with Gasteiger partial charge in [0.25, 0.3) is 5.56 Å². The van der Waals surface area contributed by atoms with Crippen LogP contribution in [0.1, 0.15) is 45.9 Å². The Labute approximate surface area is 144 Å². The molecule has 1 aromatic heterocycles. The summed E-state index contributed by atoms with van der Waals surface area (Å²) >= 11 is 0. The molecule has 4 heteroatoms. The SMILES string of the molecule is CCN(Cc1ccccc1-c1nc(CC(C)C)cc(=O)[nH]1)C(C)C. The topological polar surface area (TPSA) is 49.0 Å². The highest BCUT2D eigenvalue weighted by atomic mass is 16.1. The Morgan fingerprint density at radius 2 is 1.88 bits per heavy atom. The van der Waals surface area contributed by atoms with Gasteiger partial charge >= 0.3 is 0 Å². The van der Waals surface area contributed by atoms with E-state index in [-0.39, 0.29) is 5.56 Å². The van der Waals surface area contributed by atoms with Crippen molar-refractivity contribution in [1.29, 1.82) is 0 Å². The predicted molar refractivity (Wildman–Crippen MR) is 100 cm³/mol. The molecule has 0 atom stereocenters. The predicted octanol–water partition coefficient (Wildman–Crippen LogP) is 3.87. The fourth-order valence-corrected chi connectivity index (χ4v) is 2.93. The molecular weight excluding hydrogens is 298 g/mol. The van der Waals surface area contributed by atoms with E-state index in [4.69, 9.17) is 4.98 Å². The third-order valence-corrected chi connectivity index (χ3v) is 4.19. The number of rotatable bonds is 7. The highest BCUT2D eigenvalue weighted by molar-refractivity contribution is 5.60. The van der Waals surface area contributed by atoms with Gasteiger partial charge in [-0.2, -0.15) is 0 Å². The first-order valence-corrected chi connectivity index (χ1v) is 8.83. The standard InChI is InChI=1S/C20H29N3O/c1-6-23(15(4)5)13-16-9-7-8-10-18(16)20-21-17(11-14(2)3)12-19(24)22-20/h7-10,12,14-15H,6,11,13H2,1-5H3,(H,21,22,24). The van der Waals surface area contributed by atoms with Gasteiger partial charge in [-0.05, 0) is 38.3 Å². The first-order valence-electron chi connectivity index (χ1n) is 8.83. The highest BCUT2D eigenvalue weighted by Gasteiger charge is 2.13. The fraction of sp³-hybridized carbons (Fsp3) is 0.500. The number of H-pyrrole nitrogens is 1. The van der Waals surface area contributed by atoms with E-state index in [0.29, 0.717) is 17.8 Å². The zero-order valence-electron chi connectivity index (χ0n) is 15.5. The Morgan fingerprint density at radius 1 is 1.17 bits per heavy atom. The smallest absolute Gasteiger partial charge is 0.251 e. The summed E-state index contributed by atoms with van der Waals surface area (Å²) in [5.74, 6) is 1.15. The molecule has 0 radical (unpaired) electrons. The minimum atomic E-state index is -0.0818. The van der Waals surface area contributed by atoms with E-state index < -0.39 is 0 Å². The number of aromatic nitrogens is 2. The molecule has 0 aliphatic carbocycles. The number of hydrogen-bond acceptors (Lipinski definition) is 3. The van der Waals surface area contributed by atoms with Crippen LogP contribution in [0.25, 0.3) is 11.4 Å². The molecule has 2 rings (SSSR count). The maximum absolute atomic E-state index is 12.1. The average molecular weight is 327 g/mol. The van der Waals surface area contributed by atoms with Crippen molar-refractivity contribution >= 4 is 0 Å². The van der Waals surface area contributed by atoms with E-state index >= 15 is 0 Å². The van der Waals surface area contributed by atoms with E-state index in [0.717, 1.165) is 30.8 Å². The molecule has 1 heterocycles. The van der Waals surface area contributed by atoms with E-state index in [2.05, 4.69) is 50.6 Å². The van der Waals surface area contributed by atoms with Gasteiger partial charge in [0.15, 0.2) is 0 Å². The summed E-state index contributed by atoms with van der Waals surface area (Å²) in [4.78, 5) is 22.1. The number of benzene rings is 1. The summed E-state index contributed by atoms with van der Waals surface area (Å²) in [7, 11) is 0. The van der Waals surface area contributed by atoms with E-state index in [1.165, 1.54) is 5.56 Å². The Kier molecular flexibility index (Phi) is 6.32. The minimum Gasteiger partial charge on any atom is -0.307 e. The van der Waals surface area contributed by atoms with E-state index in [1.807, 2.05) is 18.2 Å². The number of aromatic amines is 1. The van der Waals surface area contributed by atoms with Crippen molar-refractivity contribution in [3.05, 3.63) is 51.9 Å². The second-order valence-electron chi connectivity index (χ2n) is 7.00.